The molecule has 1 aliphatic rings. The second-order valence-corrected chi connectivity index (χ2v) is 5.62. The summed E-state index contributed by atoms with van der Waals surface area (Å²) in [6.07, 6.45) is 5.14. The Hall–Kier alpha value is -1.06. The van der Waals surface area contributed by atoms with Crippen LogP contribution in [0.4, 0.5) is 0 Å². The van der Waals surface area contributed by atoms with Crippen LogP contribution in [0, 0.1) is 0 Å². The van der Waals surface area contributed by atoms with Gasteiger partial charge in [0.1, 0.15) is 11.9 Å². The van der Waals surface area contributed by atoms with Crippen molar-refractivity contribution in [3.05, 3.63) is 29.8 Å². The van der Waals surface area contributed by atoms with E-state index < -0.39 is 0 Å². The van der Waals surface area contributed by atoms with Crippen molar-refractivity contribution in [2.45, 2.75) is 57.8 Å². The molecule has 0 aromatic heterocycles. The van der Waals surface area contributed by atoms with Gasteiger partial charge in [-0.25, -0.2) is 0 Å². The molecule has 0 amide bonds. The Labute approximate surface area is 122 Å². The first-order valence-corrected chi connectivity index (χ1v) is 7.75. The fourth-order valence-corrected chi connectivity index (χ4v) is 2.90. The zero-order valence-electron chi connectivity index (χ0n) is 12.9. The summed E-state index contributed by atoms with van der Waals surface area (Å²) in [5, 5.41) is 3.43. The van der Waals surface area contributed by atoms with Crippen LogP contribution in [0.25, 0.3) is 0 Å². The SMILES string of the molecule is CCNC(C)c1cccc(OC2CCCC(OC)C2)c1. The van der Waals surface area contributed by atoms with Crippen LogP contribution < -0.4 is 10.1 Å². The van der Waals surface area contributed by atoms with Crippen molar-refractivity contribution in [1.82, 2.24) is 5.32 Å². The normalized spacial score (nSPS) is 24.4. The van der Waals surface area contributed by atoms with Gasteiger partial charge in [-0.3, -0.25) is 0 Å². The fraction of sp³-hybridized carbons (Fsp3) is 0.647. The van der Waals surface area contributed by atoms with Crippen LogP contribution in [0.1, 0.15) is 51.1 Å². The molecule has 112 valence electrons. The first-order valence-electron chi connectivity index (χ1n) is 7.75. The van der Waals surface area contributed by atoms with E-state index in [9.17, 15) is 0 Å². The number of hydrogen-bond acceptors (Lipinski definition) is 3. The fourth-order valence-electron chi connectivity index (χ4n) is 2.90. The molecule has 3 unspecified atom stereocenters. The molecule has 0 spiro atoms. The van der Waals surface area contributed by atoms with Crippen LogP contribution in [0.15, 0.2) is 24.3 Å². The van der Waals surface area contributed by atoms with E-state index in [2.05, 4.69) is 43.4 Å². The lowest BCUT2D eigenvalue weighted by atomic mass is 9.95. The predicted octanol–water partition coefficient (Wildman–Crippen LogP) is 3.69. The third-order valence-corrected chi connectivity index (χ3v) is 4.08. The Morgan fingerprint density at radius 2 is 2.10 bits per heavy atom. The Kier molecular flexibility index (Phi) is 5.86. The zero-order valence-corrected chi connectivity index (χ0v) is 12.9. The minimum absolute atomic E-state index is 0.290. The van der Waals surface area contributed by atoms with E-state index in [1.165, 1.54) is 12.0 Å². The summed E-state index contributed by atoms with van der Waals surface area (Å²) in [7, 11) is 1.80. The second kappa shape index (κ2) is 7.65. The largest absolute Gasteiger partial charge is 0.490 e. The quantitative estimate of drug-likeness (QED) is 0.860. The Morgan fingerprint density at radius 3 is 2.85 bits per heavy atom. The van der Waals surface area contributed by atoms with Crippen molar-refractivity contribution in [3.63, 3.8) is 0 Å². The minimum atomic E-state index is 0.290. The van der Waals surface area contributed by atoms with Crippen molar-refractivity contribution in [2.75, 3.05) is 13.7 Å². The standard InChI is InChI=1S/C17H27NO2/c1-4-18-13(2)14-7-5-9-16(11-14)20-17-10-6-8-15(12-17)19-3/h5,7,9,11,13,15,17-18H,4,6,8,10,12H2,1-3H3. The molecule has 1 saturated carbocycles. The van der Waals surface area contributed by atoms with Gasteiger partial charge in [0.25, 0.3) is 0 Å². The molecule has 1 N–H and O–H groups in total. The molecule has 0 aliphatic heterocycles. The highest BCUT2D eigenvalue weighted by Gasteiger charge is 2.23. The maximum absolute atomic E-state index is 6.15. The van der Waals surface area contributed by atoms with Gasteiger partial charge in [-0.2, -0.15) is 0 Å². The molecule has 0 bridgehead atoms. The topological polar surface area (TPSA) is 30.5 Å². The van der Waals surface area contributed by atoms with Crippen LogP contribution in [0.5, 0.6) is 5.75 Å². The van der Waals surface area contributed by atoms with Crippen LogP contribution in [0.3, 0.4) is 0 Å². The Morgan fingerprint density at radius 1 is 1.30 bits per heavy atom. The Bertz CT molecular complexity index is 408. The van der Waals surface area contributed by atoms with Crippen molar-refractivity contribution in [2.24, 2.45) is 0 Å². The number of nitrogens with one attached hydrogen (secondary N) is 1. The average molecular weight is 277 g/mol. The second-order valence-electron chi connectivity index (χ2n) is 5.62. The van der Waals surface area contributed by atoms with Gasteiger partial charge in [-0.05, 0) is 50.4 Å². The van der Waals surface area contributed by atoms with Gasteiger partial charge in [-0.1, -0.05) is 19.1 Å². The van der Waals surface area contributed by atoms with Gasteiger partial charge in [0.15, 0.2) is 0 Å². The Balaban J connectivity index is 1.97. The van der Waals surface area contributed by atoms with E-state index in [0.29, 0.717) is 18.2 Å². The zero-order chi connectivity index (χ0) is 14.4. The highest BCUT2D eigenvalue weighted by Crippen LogP contribution is 2.26. The third kappa shape index (κ3) is 4.22. The van der Waals surface area contributed by atoms with Crippen molar-refractivity contribution < 1.29 is 9.47 Å². The van der Waals surface area contributed by atoms with Crippen molar-refractivity contribution in [1.29, 1.82) is 0 Å². The summed E-state index contributed by atoms with van der Waals surface area (Å²) < 4.78 is 11.6. The molecule has 3 nitrogen and oxygen atoms in total. The van der Waals surface area contributed by atoms with E-state index in [-0.39, 0.29) is 0 Å². The molecular formula is C17H27NO2. The van der Waals surface area contributed by atoms with Crippen LogP contribution in [0.2, 0.25) is 0 Å². The number of hydrogen-bond donors (Lipinski definition) is 1. The lowest BCUT2D eigenvalue weighted by Gasteiger charge is -2.29. The first kappa shape index (κ1) is 15.3. The summed E-state index contributed by atoms with van der Waals surface area (Å²) in [4.78, 5) is 0. The smallest absolute Gasteiger partial charge is 0.120 e. The summed E-state index contributed by atoms with van der Waals surface area (Å²) in [5.41, 5.74) is 1.28. The average Bonchev–Trinajstić information content (AvgIpc) is 2.48. The summed E-state index contributed by atoms with van der Waals surface area (Å²) in [6, 6.07) is 8.80. The summed E-state index contributed by atoms with van der Waals surface area (Å²) >= 11 is 0. The molecule has 0 saturated heterocycles. The van der Waals surface area contributed by atoms with Gasteiger partial charge in [0.05, 0.1) is 6.10 Å². The van der Waals surface area contributed by atoms with Gasteiger partial charge in [-0.15, -0.1) is 0 Å². The third-order valence-electron chi connectivity index (χ3n) is 4.08. The summed E-state index contributed by atoms with van der Waals surface area (Å²) in [5.74, 6) is 0.981. The molecule has 20 heavy (non-hydrogen) atoms. The van der Waals surface area contributed by atoms with Crippen molar-refractivity contribution in [3.8, 4) is 5.75 Å². The lowest BCUT2D eigenvalue weighted by molar-refractivity contribution is 0.0209. The monoisotopic (exact) mass is 277 g/mol. The number of rotatable bonds is 6. The molecule has 0 radical (unpaired) electrons. The van der Waals surface area contributed by atoms with Crippen LogP contribution in [-0.4, -0.2) is 25.9 Å². The van der Waals surface area contributed by atoms with Crippen LogP contribution in [-0.2, 0) is 4.74 Å². The predicted molar refractivity (Wildman–Crippen MR) is 82.2 cm³/mol. The van der Waals surface area contributed by atoms with E-state index >= 15 is 0 Å². The van der Waals surface area contributed by atoms with E-state index in [0.717, 1.165) is 31.6 Å². The number of ether oxygens (including phenoxy) is 2. The summed E-state index contributed by atoms with van der Waals surface area (Å²) in [6.45, 7) is 5.29. The molecule has 1 aromatic rings. The molecule has 2 rings (SSSR count). The molecule has 1 aromatic carbocycles. The van der Waals surface area contributed by atoms with Gasteiger partial charge >= 0.3 is 0 Å². The van der Waals surface area contributed by atoms with Crippen LogP contribution >= 0.6 is 0 Å². The highest BCUT2D eigenvalue weighted by atomic mass is 16.5. The number of methoxy groups -OCH3 is 1. The van der Waals surface area contributed by atoms with Crippen molar-refractivity contribution >= 4 is 0 Å². The molecular weight excluding hydrogens is 250 g/mol. The number of benzene rings is 1. The molecule has 3 heteroatoms. The maximum atomic E-state index is 6.15. The van der Waals surface area contributed by atoms with Gasteiger partial charge < -0.3 is 14.8 Å². The minimum Gasteiger partial charge on any atom is -0.490 e. The van der Waals surface area contributed by atoms with E-state index in [4.69, 9.17) is 9.47 Å². The van der Waals surface area contributed by atoms with Gasteiger partial charge in [0, 0.05) is 19.6 Å². The lowest BCUT2D eigenvalue weighted by Crippen LogP contribution is -2.29. The maximum Gasteiger partial charge on any atom is 0.120 e. The molecule has 1 fully saturated rings. The molecule has 3 atom stereocenters. The molecule has 1 aliphatic carbocycles. The first-order chi connectivity index (χ1) is 9.72. The highest BCUT2D eigenvalue weighted by molar-refractivity contribution is 5.30. The van der Waals surface area contributed by atoms with E-state index in [1.807, 2.05) is 0 Å². The van der Waals surface area contributed by atoms with Gasteiger partial charge in [0.2, 0.25) is 0 Å². The molecule has 0 heterocycles. The van der Waals surface area contributed by atoms with E-state index in [1.54, 1.807) is 7.11 Å².